The van der Waals surface area contributed by atoms with Crippen LogP contribution < -0.4 is 21.9 Å². The number of hydrogen-bond donors (Lipinski definition) is 19. The highest BCUT2D eigenvalue weighted by atomic mass is 31.3. The predicted octanol–water partition coefficient (Wildman–Crippen LogP) is -7.97. The van der Waals surface area contributed by atoms with E-state index >= 15 is 0 Å². The van der Waals surface area contributed by atoms with Gasteiger partial charge in [0.25, 0.3) is 11.3 Å². The molecule has 21 atom stereocenters. The number of hydrogen-bond acceptors (Lipinski definition) is 29. The molecule has 2 amide bonds. The number of aliphatic hydroxyl groups excluding tert-OH is 11. The van der Waals surface area contributed by atoms with Crippen molar-refractivity contribution in [1.82, 2.24) is 20.2 Å². The van der Waals surface area contributed by atoms with E-state index < -0.39 is 201 Å². The number of carboxylic acids is 1. The number of phosphoric ester groups is 1. The average molecular weight is 1250 g/mol. The molecule has 38 nitrogen and oxygen atoms in total. The van der Waals surface area contributed by atoms with Crippen LogP contribution in [0.15, 0.2) is 21.9 Å². The van der Waals surface area contributed by atoms with E-state index in [4.69, 9.17) is 42.9 Å². The fourth-order valence-electron chi connectivity index (χ4n) is 8.84. The summed E-state index contributed by atoms with van der Waals surface area (Å²) >= 11 is 0. The maximum Gasteiger partial charge on any atom is 0.490 e. The lowest BCUT2D eigenvalue weighted by Gasteiger charge is -2.50. The smallest absolute Gasteiger partial charge is 0.477 e. The van der Waals surface area contributed by atoms with Crippen LogP contribution in [0.1, 0.15) is 57.2 Å². The van der Waals surface area contributed by atoms with Gasteiger partial charge in [0, 0.05) is 45.2 Å². The van der Waals surface area contributed by atoms with Gasteiger partial charge < -0.3 is 125 Å². The van der Waals surface area contributed by atoms with E-state index in [-0.39, 0.29) is 25.1 Å². The van der Waals surface area contributed by atoms with Crippen molar-refractivity contribution in [2.24, 2.45) is 0 Å². The van der Waals surface area contributed by atoms with Crippen LogP contribution in [0.25, 0.3) is 6.08 Å². The summed E-state index contributed by atoms with van der Waals surface area (Å²) in [5.74, 6) is -6.59. The van der Waals surface area contributed by atoms with Crippen molar-refractivity contribution in [3.8, 4) is 0 Å². The lowest BCUT2D eigenvalue weighted by Crippen LogP contribution is -2.70. The third-order valence-electron chi connectivity index (χ3n) is 12.8. The topological polar surface area (TPSA) is 597 Å². The van der Waals surface area contributed by atoms with Gasteiger partial charge in [0.1, 0.15) is 79.5 Å². The number of phosphoric acid groups is 3. The van der Waals surface area contributed by atoms with Gasteiger partial charge in [0.05, 0.1) is 50.2 Å². The molecule has 0 saturated carbocycles. The SMILES string of the molecule is CC(=O)N[C@H]1[C@H]([C@H](O)[C@H](O)CO)O[C@@](O[C@H]2[C@@H](O)[C@@H](CO)O[C@@H](O[C@H]3[C@H](O)[C@@H](O)[C@H](OCCCCCCNC(=O)/C=C/c4cn([C@H]5C[C@H](O)[C@@H](COP(=O)(O)OP(=O)(O)OP(=O)(O)O)O5)c(=O)[nH]c4=O)O[C@@H]3CO)[C@@H]2O)(C(=O)O)C[C@@H]1O. The van der Waals surface area contributed by atoms with E-state index in [2.05, 4.69) is 23.8 Å². The van der Waals surface area contributed by atoms with Crippen LogP contribution >= 0.6 is 23.5 Å². The summed E-state index contributed by atoms with van der Waals surface area (Å²) in [7, 11) is -17.1. The molecule has 470 valence electrons. The lowest BCUT2D eigenvalue weighted by molar-refractivity contribution is -0.386. The standard InChI is InChI=1S/C41H67N4O34P3/c1-17(49)43-27-20(51)11-41(39(60)61,76-34(27)28(54)21(52)13-46)77-35-29(55)22(14-47)73-38(32(35)58)75-33-23(15-48)74-37(31(57)30(33)56)70-9-5-3-2-4-8-42-25(53)7-6-18-12-45(40(62)44-36(18)59)26-10-19(50)24(72-26)16-71-81(66,67)79-82(68,69)78-80(63,64)65/h6-7,12,19-24,26-35,37-38,46-48,50-52,54-58H,2-5,8-11,13-16H2,1H3,(H,42,53)(H,43,49)(H,60,61)(H,66,67)(H,68,69)(H,44,59,62)(H2,63,64,65)/b7-6+/t19-,20-,21+,22+,23+,24+,26+,27+,28+,29-,30+,31+,32+,33+,34+,35-,37+,38-,41-/m0/s1. The Hall–Kier alpha value is -3.48. The third kappa shape index (κ3) is 18.5. The fourth-order valence-corrected chi connectivity index (χ4v) is 11.9. The largest absolute Gasteiger partial charge is 0.490 e. The monoisotopic (exact) mass is 1250 g/mol. The van der Waals surface area contributed by atoms with Gasteiger partial charge in [-0.3, -0.25) is 28.5 Å². The van der Waals surface area contributed by atoms with E-state index in [9.17, 15) is 109 Å². The van der Waals surface area contributed by atoms with Gasteiger partial charge in [0.2, 0.25) is 11.8 Å². The number of ether oxygens (including phenoxy) is 7. The highest BCUT2D eigenvalue weighted by Crippen LogP contribution is 2.66. The molecule has 1 aromatic rings. The van der Waals surface area contributed by atoms with Crippen molar-refractivity contribution in [1.29, 1.82) is 0 Å². The first kappa shape index (κ1) is 69.3. The number of H-pyrrole nitrogens is 1. The van der Waals surface area contributed by atoms with E-state index in [1.807, 2.05) is 4.98 Å². The minimum absolute atomic E-state index is 0.0819. The molecule has 4 fully saturated rings. The molecular formula is C41H67N4O34P3. The molecule has 0 aromatic carbocycles. The number of nitrogens with zero attached hydrogens (tertiary/aromatic N) is 1. The Morgan fingerprint density at radius 1 is 0.829 bits per heavy atom. The number of unbranched alkanes of at least 4 members (excludes halogenated alkanes) is 3. The number of aliphatic carboxylic acids is 1. The lowest BCUT2D eigenvalue weighted by atomic mass is 9.88. The van der Waals surface area contributed by atoms with Crippen LogP contribution in [0.3, 0.4) is 0 Å². The predicted molar refractivity (Wildman–Crippen MR) is 260 cm³/mol. The van der Waals surface area contributed by atoms with E-state index in [0.29, 0.717) is 25.7 Å². The maximum atomic E-state index is 12.8. The Bertz CT molecular complexity index is 2610. The molecule has 41 heteroatoms. The Morgan fingerprint density at radius 2 is 1.49 bits per heavy atom. The van der Waals surface area contributed by atoms with Gasteiger partial charge in [-0.05, 0) is 18.9 Å². The molecule has 1 aromatic heterocycles. The van der Waals surface area contributed by atoms with Gasteiger partial charge in [-0.15, -0.1) is 0 Å². The van der Waals surface area contributed by atoms with Gasteiger partial charge in [-0.2, -0.15) is 8.62 Å². The molecule has 2 unspecified atom stereocenters. The molecule has 5 rings (SSSR count). The number of aromatic amines is 1. The minimum Gasteiger partial charge on any atom is -0.477 e. The van der Waals surface area contributed by atoms with Gasteiger partial charge in [0.15, 0.2) is 12.6 Å². The van der Waals surface area contributed by atoms with Crippen molar-refractivity contribution in [2.75, 3.05) is 39.6 Å². The first-order valence-electron chi connectivity index (χ1n) is 24.7. The third-order valence-corrected chi connectivity index (χ3v) is 16.6. The number of rotatable bonds is 29. The quantitative estimate of drug-likeness (QED) is 0.0201. The molecular weight excluding hydrogens is 1190 g/mol. The van der Waals surface area contributed by atoms with Gasteiger partial charge >= 0.3 is 35.1 Å². The molecule has 4 saturated heterocycles. The zero-order chi connectivity index (χ0) is 61.2. The summed E-state index contributed by atoms with van der Waals surface area (Å²) in [6, 6.07) is -1.61. The molecule has 0 bridgehead atoms. The number of nitrogens with one attached hydrogen (secondary N) is 3. The van der Waals surface area contributed by atoms with Crippen molar-refractivity contribution < 1.29 is 155 Å². The number of carbonyl (C=O) groups is 3. The van der Waals surface area contributed by atoms with E-state index in [1.165, 1.54) is 0 Å². The van der Waals surface area contributed by atoms with Crippen LogP contribution in [-0.2, 0) is 74.4 Å². The Morgan fingerprint density at radius 3 is 2.11 bits per heavy atom. The van der Waals surface area contributed by atoms with E-state index in [0.717, 1.165) is 29.8 Å². The fraction of sp³-hybridized carbons (Fsp3) is 0.780. The second-order valence-electron chi connectivity index (χ2n) is 19.0. The number of carboxylic acid groups (broad SMARTS) is 1. The molecule has 5 heterocycles. The number of amides is 2. The maximum absolute atomic E-state index is 12.8. The van der Waals surface area contributed by atoms with Crippen LogP contribution in [-0.4, -0.2) is 258 Å². The first-order chi connectivity index (χ1) is 38.3. The first-order valence-corrected chi connectivity index (χ1v) is 29.2. The minimum atomic E-state index is -5.84. The van der Waals surface area contributed by atoms with Gasteiger partial charge in [-0.25, -0.2) is 23.3 Å². The summed E-state index contributed by atoms with van der Waals surface area (Å²) in [5, 5.41) is 132. The highest BCUT2D eigenvalue weighted by Gasteiger charge is 2.60. The summed E-state index contributed by atoms with van der Waals surface area (Å²) in [4.78, 5) is 101. The molecule has 0 spiro atoms. The Kier molecular flexibility index (Phi) is 25.1. The van der Waals surface area contributed by atoms with Gasteiger partial charge in [-0.1, -0.05) is 12.8 Å². The molecule has 19 N–H and O–H groups in total. The van der Waals surface area contributed by atoms with Crippen molar-refractivity contribution in [3.05, 3.63) is 38.7 Å². The number of aliphatic hydroxyl groups is 11. The average Bonchev–Trinajstić information content (AvgIpc) is 3.93. The number of carbonyl (C=O) groups excluding carboxylic acids is 2. The van der Waals surface area contributed by atoms with Crippen LogP contribution in [0.2, 0.25) is 0 Å². The van der Waals surface area contributed by atoms with Crippen LogP contribution in [0.5, 0.6) is 0 Å². The molecule has 0 radical (unpaired) electrons. The summed E-state index contributed by atoms with van der Waals surface area (Å²) < 4.78 is 86.2. The summed E-state index contributed by atoms with van der Waals surface area (Å²) in [6.07, 6.45) is -28.4. The Labute approximate surface area is 461 Å². The molecule has 82 heavy (non-hydrogen) atoms. The van der Waals surface area contributed by atoms with Crippen LogP contribution in [0.4, 0.5) is 0 Å². The van der Waals surface area contributed by atoms with Crippen molar-refractivity contribution in [2.45, 2.75) is 162 Å². The number of aromatic nitrogens is 2. The normalized spacial score (nSPS) is 34.9. The highest BCUT2D eigenvalue weighted by molar-refractivity contribution is 7.66. The molecule has 4 aliphatic heterocycles. The second-order valence-corrected chi connectivity index (χ2v) is 23.4. The summed E-state index contributed by atoms with van der Waals surface area (Å²) in [6.45, 7) is -3.02. The van der Waals surface area contributed by atoms with Crippen LogP contribution in [0, 0.1) is 0 Å². The zero-order valence-corrected chi connectivity index (χ0v) is 45.6. The second kappa shape index (κ2) is 29.8. The van der Waals surface area contributed by atoms with Crippen molar-refractivity contribution in [3.63, 3.8) is 0 Å². The van der Waals surface area contributed by atoms with Crippen molar-refractivity contribution >= 4 is 47.3 Å². The Balaban J connectivity index is 1.08. The zero-order valence-electron chi connectivity index (χ0n) is 42.9. The molecule has 0 aliphatic carbocycles. The van der Waals surface area contributed by atoms with E-state index in [1.54, 1.807) is 0 Å². The summed E-state index contributed by atoms with van der Waals surface area (Å²) in [5.41, 5.74) is -2.22. The molecule has 4 aliphatic rings.